The van der Waals surface area contributed by atoms with E-state index in [9.17, 15) is 0 Å². The van der Waals surface area contributed by atoms with Crippen molar-refractivity contribution in [2.24, 2.45) is 0 Å². The van der Waals surface area contributed by atoms with Gasteiger partial charge in [-0.1, -0.05) is 220 Å². The molecule has 8 aromatic carbocycles. The van der Waals surface area contributed by atoms with Crippen LogP contribution in [0.2, 0.25) is 0 Å². The largest absolute Gasteiger partial charge is 0.334 e. The predicted molar refractivity (Wildman–Crippen MR) is 362 cm³/mol. The molecule has 0 spiro atoms. The van der Waals surface area contributed by atoms with Crippen LogP contribution in [0.3, 0.4) is 0 Å². The van der Waals surface area contributed by atoms with E-state index < -0.39 is 0 Å². The second-order valence-electron chi connectivity index (χ2n) is 31.8. The fourth-order valence-corrected chi connectivity index (χ4v) is 16.9. The Balaban J connectivity index is 1.19. The minimum atomic E-state index is -0.166. The van der Waals surface area contributed by atoms with Gasteiger partial charge in [-0.3, -0.25) is 0 Å². The Morgan fingerprint density at radius 1 is 0.357 bits per heavy atom. The molecule has 0 bridgehead atoms. The number of fused-ring (bicyclic) bond motifs is 9. The number of anilines is 8. The first-order valence-corrected chi connectivity index (χ1v) is 32.1. The van der Waals surface area contributed by atoms with Crippen LogP contribution in [0.1, 0.15) is 201 Å². The normalized spacial score (nSPS) is 22.0. The van der Waals surface area contributed by atoms with Crippen LogP contribution in [0.5, 0.6) is 0 Å². The van der Waals surface area contributed by atoms with E-state index in [4.69, 9.17) is 0 Å². The summed E-state index contributed by atoms with van der Waals surface area (Å²) in [5.41, 5.74) is 29.3. The maximum Gasteiger partial charge on any atom is 0.252 e. The van der Waals surface area contributed by atoms with Gasteiger partial charge in [-0.05, 0) is 199 Å². The summed E-state index contributed by atoms with van der Waals surface area (Å²) in [7, 11) is 0. The Bertz CT molecular complexity index is 3780. The van der Waals surface area contributed by atoms with E-state index in [2.05, 4.69) is 283 Å². The van der Waals surface area contributed by atoms with Crippen LogP contribution in [0.4, 0.5) is 45.5 Å². The highest BCUT2D eigenvalue weighted by atomic mass is 15.3. The van der Waals surface area contributed by atoms with Gasteiger partial charge in [0.2, 0.25) is 0 Å². The number of nitrogens with zero attached hydrogens (tertiary/aromatic N) is 3. The maximum absolute atomic E-state index is 2.85. The average Bonchev–Trinajstić information content (AvgIpc) is 1.05. The summed E-state index contributed by atoms with van der Waals surface area (Å²) >= 11 is 0. The SMILES string of the molecule is CC(C)(C)c1ccc(N2c3cc4c(cc3B3c5cc6c(cc5N(c5ccc(C(C)(C)C)cc5-c5ccccc5)c5cc(N7c8ccccc8C8(C)CCCCC78C)cc2c53)C(C)(C)CCC6(C)C)C(C)(C)CCC4(C)C)c(-c2ccccc2)c1. The van der Waals surface area contributed by atoms with Crippen molar-refractivity contribution in [3.63, 3.8) is 0 Å². The first-order valence-electron chi connectivity index (χ1n) is 32.1. The third-order valence-electron chi connectivity index (χ3n) is 22.6. The minimum absolute atomic E-state index is 0.00272. The zero-order valence-electron chi connectivity index (χ0n) is 53.6. The summed E-state index contributed by atoms with van der Waals surface area (Å²) in [6, 6.07) is 63.4. The van der Waals surface area contributed by atoms with Gasteiger partial charge in [-0.25, -0.2) is 0 Å². The van der Waals surface area contributed by atoms with Gasteiger partial charge in [0, 0.05) is 50.7 Å². The molecular weight excluding hydrogens is 1010 g/mol. The molecule has 3 heterocycles. The minimum Gasteiger partial charge on any atom is -0.334 e. The summed E-state index contributed by atoms with van der Waals surface area (Å²) in [4.78, 5) is 8.44. The van der Waals surface area contributed by atoms with Crippen LogP contribution < -0.4 is 31.1 Å². The molecule has 3 aliphatic heterocycles. The molecule has 84 heavy (non-hydrogen) atoms. The highest BCUT2D eigenvalue weighted by molar-refractivity contribution is 7.00. The quantitative estimate of drug-likeness (QED) is 0.159. The molecule has 0 N–H and O–H groups in total. The van der Waals surface area contributed by atoms with Crippen molar-refractivity contribution in [2.75, 3.05) is 14.7 Å². The van der Waals surface area contributed by atoms with Crippen LogP contribution >= 0.6 is 0 Å². The summed E-state index contributed by atoms with van der Waals surface area (Å²) in [5.74, 6) is 0. The van der Waals surface area contributed by atoms with Crippen molar-refractivity contribution in [3.05, 3.63) is 197 Å². The van der Waals surface area contributed by atoms with Crippen LogP contribution in [0.25, 0.3) is 22.3 Å². The third kappa shape index (κ3) is 8.10. The van der Waals surface area contributed by atoms with Crippen LogP contribution in [0.15, 0.2) is 158 Å². The van der Waals surface area contributed by atoms with Crippen LogP contribution in [-0.4, -0.2) is 12.3 Å². The van der Waals surface area contributed by atoms with Gasteiger partial charge in [-0.2, -0.15) is 0 Å². The molecule has 4 heteroatoms. The second-order valence-corrected chi connectivity index (χ2v) is 31.8. The van der Waals surface area contributed by atoms with Gasteiger partial charge in [0.25, 0.3) is 6.71 Å². The lowest BCUT2D eigenvalue weighted by Gasteiger charge is -2.52. The van der Waals surface area contributed by atoms with Crippen LogP contribution in [0, 0.1) is 0 Å². The molecule has 1 saturated carbocycles. The lowest BCUT2D eigenvalue weighted by molar-refractivity contribution is 0.195. The molecular formula is C80H90BN3. The molecule has 0 radical (unpaired) electrons. The molecule has 2 atom stereocenters. The Kier molecular flexibility index (Phi) is 12.1. The highest BCUT2D eigenvalue weighted by Gasteiger charge is 2.58. The molecule has 0 amide bonds. The van der Waals surface area contributed by atoms with Crippen molar-refractivity contribution in [1.82, 2.24) is 0 Å². The number of para-hydroxylation sites is 1. The van der Waals surface area contributed by atoms with E-state index in [1.165, 1.54) is 142 Å². The zero-order chi connectivity index (χ0) is 59.1. The summed E-state index contributed by atoms with van der Waals surface area (Å²) in [6.45, 7) is 39.5. The summed E-state index contributed by atoms with van der Waals surface area (Å²) in [6.07, 6.45) is 9.36. The second kappa shape index (κ2) is 18.4. The standard InChI is InChI=1S/C80H90BN3/c1-73(2,3)53-33-35-65(56(43-53)51-27-19-17-20-28-51)82-68-49-61-59(75(7,8)39-41-77(61,11)12)47-63(68)81-64-48-60-62(78(13,14)42-40-76(60,9)10)50-69(64)83(66-36-34-54(74(4,5)6)44-57(66)52-29-21-18-22-30-52)71-46-55(45-70(82)72(71)81)84-67-32-24-23-31-58(67)79(15)37-25-26-38-80(79,84)16/h17-24,27-36,43-50H,25-26,37-42H2,1-16H3. The predicted octanol–water partition coefficient (Wildman–Crippen LogP) is 20.1. The molecule has 3 aliphatic carbocycles. The van der Waals surface area contributed by atoms with Crippen molar-refractivity contribution in [2.45, 2.75) is 206 Å². The van der Waals surface area contributed by atoms with E-state index in [-0.39, 0.29) is 50.2 Å². The van der Waals surface area contributed by atoms with E-state index in [0.29, 0.717) is 0 Å². The lowest BCUT2D eigenvalue weighted by Crippen LogP contribution is -2.62. The summed E-state index contributed by atoms with van der Waals surface area (Å²) in [5, 5.41) is 0. The van der Waals surface area contributed by atoms with Crippen LogP contribution in [-0.2, 0) is 37.9 Å². The molecule has 1 fully saturated rings. The average molecular weight is 1100 g/mol. The Morgan fingerprint density at radius 2 is 0.762 bits per heavy atom. The Labute approximate surface area is 505 Å². The maximum atomic E-state index is 2.85. The first-order chi connectivity index (χ1) is 39.6. The Hall–Kier alpha value is -6.78. The van der Waals surface area contributed by atoms with E-state index in [1.54, 1.807) is 0 Å². The number of rotatable bonds is 5. The van der Waals surface area contributed by atoms with Gasteiger partial charge in [0.1, 0.15) is 0 Å². The van der Waals surface area contributed by atoms with Gasteiger partial charge < -0.3 is 14.7 Å². The number of hydrogen-bond acceptors (Lipinski definition) is 3. The van der Waals surface area contributed by atoms with Crippen molar-refractivity contribution < 1.29 is 0 Å². The Morgan fingerprint density at radius 3 is 1.20 bits per heavy atom. The number of hydrogen-bond donors (Lipinski definition) is 0. The summed E-state index contributed by atoms with van der Waals surface area (Å²) < 4.78 is 0. The van der Waals surface area contributed by atoms with Gasteiger partial charge >= 0.3 is 0 Å². The van der Waals surface area contributed by atoms with Gasteiger partial charge in [0.05, 0.1) is 16.9 Å². The van der Waals surface area contributed by atoms with E-state index in [1.807, 2.05) is 0 Å². The van der Waals surface area contributed by atoms with Gasteiger partial charge in [0.15, 0.2) is 0 Å². The lowest BCUT2D eigenvalue weighted by atomic mass is 9.32. The fraction of sp³-hybridized carbons (Fsp3) is 0.400. The highest BCUT2D eigenvalue weighted by Crippen LogP contribution is 2.63. The van der Waals surface area contributed by atoms with Crippen molar-refractivity contribution >= 4 is 68.6 Å². The van der Waals surface area contributed by atoms with E-state index in [0.717, 1.165) is 32.1 Å². The van der Waals surface area contributed by atoms with E-state index >= 15 is 0 Å². The molecule has 3 nitrogen and oxygen atoms in total. The topological polar surface area (TPSA) is 9.72 Å². The molecule has 14 rings (SSSR count). The zero-order valence-corrected chi connectivity index (χ0v) is 53.6. The fourth-order valence-electron chi connectivity index (χ4n) is 16.9. The monoisotopic (exact) mass is 1100 g/mol. The molecule has 8 aromatic rings. The molecule has 2 unspecified atom stereocenters. The smallest absolute Gasteiger partial charge is 0.252 e. The first kappa shape index (κ1) is 55.1. The molecule has 428 valence electrons. The molecule has 0 saturated heterocycles. The van der Waals surface area contributed by atoms with Crippen molar-refractivity contribution in [1.29, 1.82) is 0 Å². The molecule has 6 aliphatic rings. The number of benzene rings is 8. The molecule has 0 aromatic heterocycles. The van der Waals surface area contributed by atoms with Crippen molar-refractivity contribution in [3.8, 4) is 22.3 Å². The third-order valence-corrected chi connectivity index (χ3v) is 22.6. The van der Waals surface area contributed by atoms with Gasteiger partial charge in [-0.15, -0.1) is 0 Å².